The van der Waals surface area contributed by atoms with Crippen LogP contribution >= 0.6 is 0 Å². The van der Waals surface area contributed by atoms with Crippen molar-refractivity contribution in [1.29, 1.82) is 0 Å². The molecule has 0 spiro atoms. The van der Waals surface area contributed by atoms with Gasteiger partial charge in [0, 0.05) is 18.7 Å². The van der Waals surface area contributed by atoms with Gasteiger partial charge in [0.1, 0.15) is 11.3 Å². The monoisotopic (exact) mass is 378 g/mol. The Morgan fingerprint density at radius 3 is 2.59 bits per heavy atom. The van der Waals surface area contributed by atoms with E-state index in [2.05, 4.69) is 20.4 Å². The minimum Gasteiger partial charge on any atom is -0.484 e. The smallest absolute Gasteiger partial charge is 0.422 e. The van der Waals surface area contributed by atoms with Crippen molar-refractivity contribution in [2.24, 2.45) is 0 Å². The van der Waals surface area contributed by atoms with Crippen molar-refractivity contribution in [3.8, 4) is 5.75 Å². The van der Waals surface area contributed by atoms with Crippen LogP contribution < -0.4 is 10.1 Å². The van der Waals surface area contributed by atoms with Crippen LogP contribution in [0.2, 0.25) is 0 Å². The van der Waals surface area contributed by atoms with E-state index < -0.39 is 12.8 Å². The third-order valence-corrected chi connectivity index (χ3v) is 3.85. The number of carbonyl (C=O) groups is 1. The lowest BCUT2D eigenvalue weighted by Crippen LogP contribution is -2.22. The molecule has 0 saturated carbocycles. The molecule has 1 amide bonds. The Hall–Kier alpha value is -3.10. The fourth-order valence-electron chi connectivity index (χ4n) is 2.50. The number of rotatable bonds is 6. The van der Waals surface area contributed by atoms with Crippen molar-refractivity contribution in [2.45, 2.75) is 26.2 Å². The maximum Gasteiger partial charge on any atom is 0.422 e. The lowest BCUT2D eigenvalue weighted by Gasteiger charge is -2.10. The SMILES string of the molecule is CCn1nnc2cc(C(=O)NCc3ccc(OCC(F)(F)F)cc3)ccc21. The van der Waals surface area contributed by atoms with Crippen molar-refractivity contribution in [3.05, 3.63) is 53.6 Å². The lowest BCUT2D eigenvalue weighted by atomic mass is 10.1. The summed E-state index contributed by atoms with van der Waals surface area (Å²) in [5, 5.41) is 10.8. The van der Waals surface area contributed by atoms with Gasteiger partial charge in [0.15, 0.2) is 6.61 Å². The zero-order valence-corrected chi connectivity index (χ0v) is 14.5. The molecule has 0 bridgehead atoms. The van der Waals surface area contributed by atoms with Gasteiger partial charge in [0.05, 0.1) is 5.52 Å². The minimum absolute atomic E-state index is 0.117. The molecular weight excluding hydrogens is 361 g/mol. The Kier molecular flexibility index (Phi) is 5.29. The Balaban J connectivity index is 1.58. The summed E-state index contributed by atoms with van der Waals surface area (Å²) >= 11 is 0. The van der Waals surface area contributed by atoms with Crippen LogP contribution in [0.3, 0.4) is 0 Å². The first kappa shape index (κ1) is 18.7. The Morgan fingerprint density at radius 1 is 1.19 bits per heavy atom. The predicted molar refractivity (Wildman–Crippen MR) is 92.4 cm³/mol. The Labute approximate surface area is 152 Å². The summed E-state index contributed by atoms with van der Waals surface area (Å²) in [6.07, 6.45) is -4.38. The Morgan fingerprint density at radius 2 is 1.93 bits per heavy atom. The van der Waals surface area contributed by atoms with Gasteiger partial charge in [-0.25, -0.2) is 4.68 Å². The first-order valence-corrected chi connectivity index (χ1v) is 8.25. The van der Waals surface area contributed by atoms with Gasteiger partial charge in [0.2, 0.25) is 0 Å². The van der Waals surface area contributed by atoms with Crippen molar-refractivity contribution in [1.82, 2.24) is 20.3 Å². The molecule has 9 heteroatoms. The number of carbonyl (C=O) groups excluding carboxylic acids is 1. The summed E-state index contributed by atoms with van der Waals surface area (Å²) in [6.45, 7) is 1.53. The molecule has 0 fully saturated rings. The number of amides is 1. The molecule has 0 unspecified atom stereocenters. The molecule has 6 nitrogen and oxygen atoms in total. The van der Waals surface area contributed by atoms with E-state index in [4.69, 9.17) is 0 Å². The molecular formula is C18H17F3N4O2. The summed E-state index contributed by atoms with van der Waals surface area (Å²) in [4.78, 5) is 12.3. The molecule has 0 aliphatic heterocycles. The summed E-state index contributed by atoms with van der Waals surface area (Å²) < 4.78 is 42.8. The lowest BCUT2D eigenvalue weighted by molar-refractivity contribution is -0.153. The van der Waals surface area contributed by atoms with Crippen LogP contribution in [0.5, 0.6) is 5.75 Å². The van der Waals surface area contributed by atoms with E-state index >= 15 is 0 Å². The van der Waals surface area contributed by atoms with Crippen LogP contribution in [0.1, 0.15) is 22.8 Å². The zero-order valence-electron chi connectivity index (χ0n) is 14.5. The second-order valence-electron chi connectivity index (χ2n) is 5.84. The van der Waals surface area contributed by atoms with Gasteiger partial charge in [-0.3, -0.25) is 4.79 Å². The maximum absolute atomic E-state index is 12.3. The standard InChI is InChI=1S/C18H17F3N4O2/c1-2-25-16-8-5-13(9-15(16)23-24-25)17(26)22-10-12-3-6-14(7-4-12)27-11-18(19,20)21/h3-9H,2,10-11H2,1H3,(H,22,26). The van der Waals surface area contributed by atoms with E-state index in [1.165, 1.54) is 12.1 Å². The molecule has 0 saturated heterocycles. The average Bonchev–Trinajstić information content (AvgIpc) is 3.07. The van der Waals surface area contributed by atoms with Gasteiger partial charge < -0.3 is 10.1 Å². The number of hydrogen-bond donors (Lipinski definition) is 1. The fourth-order valence-corrected chi connectivity index (χ4v) is 2.50. The largest absolute Gasteiger partial charge is 0.484 e. The second kappa shape index (κ2) is 7.65. The third kappa shape index (κ3) is 4.75. The average molecular weight is 378 g/mol. The number of aromatic nitrogens is 3. The number of alkyl halides is 3. The quantitative estimate of drug-likeness (QED) is 0.715. The van der Waals surface area contributed by atoms with Gasteiger partial charge in [-0.2, -0.15) is 13.2 Å². The number of aryl methyl sites for hydroxylation is 1. The van der Waals surface area contributed by atoms with Gasteiger partial charge in [0.25, 0.3) is 5.91 Å². The number of nitrogens with one attached hydrogen (secondary N) is 1. The van der Waals surface area contributed by atoms with Crippen molar-refractivity contribution < 1.29 is 22.7 Å². The van der Waals surface area contributed by atoms with Crippen LogP contribution in [0.25, 0.3) is 11.0 Å². The molecule has 0 aliphatic carbocycles. The van der Waals surface area contributed by atoms with E-state index in [-0.39, 0.29) is 18.2 Å². The van der Waals surface area contributed by atoms with Crippen molar-refractivity contribution >= 4 is 16.9 Å². The number of fused-ring (bicyclic) bond motifs is 1. The van der Waals surface area contributed by atoms with Gasteiger partial charge in [-0.1, -0.05) is 17.3 Å². The van der Waals surface area contributed by atoms with E-state index in [1.54, 1.807) is 35.0 Å². The molecule has 0 radical (unpaired) electrons. The maximum atomic E-state index is 12.3. The molecule has 27 heavy (non-hydrogen) atoms. The predicted octanol–water partition coefficient (Wildman–Crippen LogP) is 3.32. The summed E-state index contributed by atoms with van der Waals surface area (Å²) in [5.74, 6) is -0.160. The van der Waals surface area contributed by atoms with Gasteiger partial charge in [-0.05, 0) is 42.8 Å². The number of ether oxygens (including phenoxy) is 1. The molecule has 0 atom stereocenters. The van der Waals surface area contributed by atoms with Gasteiger partial charge >= 0.3 is 6.18 Å². The van der Waals surface area contributed by atoms with E-state index in [9.17, 15) is 18.0 Å². The van der Waals surface area contributed by atoms with Crippen LogP contribution in [-0.2, 0) is 13.1 Å². The molecule has 0 aliphatic rings. The third-order valence-electron chi connectivity index (χ3n) is 3.85. The molecule has 1 N–H and O–H groups in total. The van der Waals surface area contributed by atoms with Crippen molar-refractivity contribution in [2.75, 3.05) is 6.61 Å². The summed E-state index contributed by atoms with van der Waals surface area (Å²) in [5.41, 5.74) is 2.68. The van der Waals surface area contributed by atoms with Crippen molar-refractivity contribution in [3.63, 3.8) is 0 Å². The number of hydrogen-bond acceptors (Lipinski definition) is 4. The molecule has 1 heterocycles. The first-order chi connectivity index (χ1) is 12.9. The zero-order chi connectivity index (χ0) is 19.4. The Bertz CT molecular complexity index is 936. The highest BCUT2D eigenvalue weighted by molar-refractivity contribution is 5.97. The van der Waals surface area contributed by atoms with Crippen LogP contribution in [-0.4, -0.2) is 33.7 Å². The van der Waals surface area contributed by atoms with Gasteiger partial charge in [-0.15, -0.1) is 5.10 Å². The first-order valence-electron chi connectivity index (χ1n) is 8.25. The molecule has 2 aromatic carbocycles. The van der Waals surface area contributed by atoms with Crippen LogP contribution in [0.15, 0.2) is 42.5 Å². The minimum atomic E-state index is -4.38. The number of nitrogens with zero attached hydrogens (tertiary/aromatic N) is 3. The molecule has 1 aromatic heterocycles. The highest BCUT2D eigenvalue weighted by Gasteiger charge is 2.28. The summed E-state index contributed by atoms with van der Waals surface area (Å²) in [6, 6.07) is 11.2. The summed E-state index contributed by atoms with van der Waals surface area (Å²) in [7, 11) is 0. The molecule has 3 aromatic rings. The normalized spacial score (nSPS) is 11.6. The van der Waals surface area contributed by atoms with Crippen LogP contribution in [0, 0.1) is 0 Å². The molecule has 142 valence electrons. The van der Waals surface area contributed by atoms with E-state index in [1.807, 2.05) is 6.92 Å². The van der Waals surface area contributed by atoms with E-state index in [0.29, 0.717) is 17.6 Å². The topological polar surface area (TPSA) is 69.0 Å². The highest BCUT2D eigenvalue weighted by Crippen LogP contribution is 2.19. The van der Waals surface area contributed by atoms with E-state index in [0.717, 1.165) is 11.1 Å². The molecule has 3 rings (SSSR count). The second-order valence-corrected chi connectivity index (χ2v) is 5.84. The number of benzene rings is 2. The van der Waals surface area contributed by atoms with Crippen LogP contribution in [0.4, 0.5) is 13.2 Å². The fraction of sp³-hybridized carbons (Fsp3) is 0.278. The highest BCUT2D eigenvalue weighted by atomic mass is 19.4. The number of halogens is 3.